The van der Waals surface area contributed by atoms with Crippen LogP contribution in [0.5, 0.6) is 0 Å². The molecule has 0 fully saturated rings. The van der Waals surface area contributed by atoms with Gasteiger partial charge in [-0.1, -0.05) is 13.3 Å². The number of carbonyl (C=O) groups is 1. The van der Waals surface area contributed by atoms with Gasteiger partial charge >= 0.3 is 5.97 Å². The van der Waals surface area contributed by atoms with Crippen LogP contribution in [-0.4, -0.2) is 35.4 Å². The number of aliphatic carboxylic acids is 1. The summed E-state index contributed by atoms with van der Waals surface area (Å²) < 4.78 is 0. The molecular weight excluding hydrogens is 146 g/mol. The number of rotatable bonds is 6. The van der Waals surface area contributed by atoms with Gasteiger partial charge in [0.15, 0.2) is 0 Å². The second-order valence-electron chi connectivity index (χ2n) is 2.36. The fourth-order valence-electron chi connectivity index (χ4n) is 0.840. The number of carboxylic acids is 1. The fourth-order valence-corrected chi connectivity index (χ4v) is 0.840. The molecule has 0 heterocycles. The maximum Gasteiger partial charge on any atom is 0.320 e. The summed E-state index contributed by atoms with van der Waals surface area (Å²) in [6, 6.07) is -0.507. The molecule has 0 aromatic heterocycles. The first-order valence-corrected chi connectivity index (χ1v) is 3.79. The normalized spacial score (nSPS) is 12.9. The number of hydrogen-bond donors (Lipinski definition) is 3. The highest BCUT2D eigenvalue weighted by Crippen LogP contribution is 1.95. The lowest BCUT2D eigenvalue weighted by atomic mass is 10.2. The highest BCUT2D eigenvalue weighted by molar-refractivity contribution is 5.73. The van der Waals surface area contributed by atoms with E-state index in [1.807, 2.05) is 6.92 Å². The SMILES string of the molecule is CCCC(NCCO)C(=O)O. The first kappa shape index (κ1) is 10.4. The van der Waals surface area contributed by atoms with Gasteiger partial charge in [-0.05, 0) is 6.42 Å². The van der Waals surface area contributed by atoms with Gasteiger partial charge in [-0.25, -0.2) is 0 Å². The number of aliphatic hydroxyl groups is 1. The van der Waals surface area contributed by atoms with Gasteiger partial charge in [-0.2, -0.15) is 0 Å². The predicted octanol–water partition coefficient (Wildman–Crippen LogP) is -0.178. The molecule has 4 nitrogen and oxygen atoms in total. The van der Waals surface area contributed by atoms with Crippen molar-refractivity contribution in [3.63, 3.8) is 0 Å². The predicted molar refractivity (Wildman–Crippen MR) is 41.4 cm³/mol. The van der Waals surface area contributed by atoms with Gasteiger partial charge in [-0.3, -0.25) is 4.79 Å². The molecule has 0 rings (SSSR count). The first-order chi connectivity index (χ1) is 5.22. The molecule has 0 saturated heterocycles. The second kappa shape index (κ2) is 6.12. The molecule has 0 aliphatic rings. The van der Waals surface area contributed by atoms with Crippen LogP contribution in [0.3, 0.4) is 0 Å². The lowest BCUT2D eigenvalue weighted by Crippen LogP contribution is -2.38. The quantitative estimate of drug-likeness (QED) is 0.505. The molecule has 1 atom stereocenters. The Morgan fingerprint density at radius 1 is 1.64 bits per heavy atom. The van der Waals surface area contributed by atoms with Crippen LogP contribution >= 0.6 is 0 Å². The molecule has 0 amide bonds. The van der Waals surface area contributed by atoms with Gasteiger partial charge in [0.1, 0.15) is 6.04 Å². The summed E-state index contributed by atoms with van der Waals surface area (Å²) in [4.78, 5) is 10.5. The van der Waals surface area contributed by atoms with Crippen LogP contribution in [0.4, 0.5) is 0 Å². The van der Waals surface area contributed by atoms with Crippen molar-refractivity contribution in [1.82, 2.24) is 5.32 Å². The Hall–Kier alpha value is -0.610. The topological polar surface area (TPSA) is 69.6 Å². The van der Waals surface area contributed by atoms with Crippen molar-refractivity contribution in [3.05, 3.63) is 0 Å². The third-order valence-corrected chi connectivity index (χ3v) is 1.38. The monoisotopic (exact) mass is 161 g/mol. The number of hydrogen-bond acceptors (Lipinski definition) is 3. The van der Waals surface area contributed by atoms with Crippen LogP contribution in [0.15, 0.2) is 0 Å². The van der Waals surface area contributed by atoms with Crippen molar-refractivity contribution >= 4 is 5.97 Å². The van der Waals surface area contributed by atoms with Crippen molar-refractivity contribution in [3.8, 4) is 0 Å². The van der Waals surface area contributed by atoms with Crippen LogP contribution in [0.25, 0.3) is 0 Å². The van der Waals surface area contributed by atoms with Crippen molar-refractivity contribution in [2.24, 2.45) is 0 Å². The van der Waals surface area contributed by atoms with E-state index in [4.69, 9.17) is 10.2 Å². The molecule has 0 aromatic rings. The van der Waals surface area contributed by atoms with Crippen LogP contribution < -0.4 is 5.32 Å². The highest BCUT2D eigenvalue weighted by atomic mass is 16.4. The Morgan fingerprint density at radius 3 is 2.64 bits per heavy atom. The summed E-state index contributed by atoms with van der Waals surface area (Å²) in [6.45, 7) is 2.25. The molecule has 1 unspecified atom stereocenters. The maximum absolute atomic E-state index is 10.5. The average Bonchev–Trinajstić information content (AvgIpc) is 1.97. The van der Waals surface area contributed by atoms with Gasteiger partial charge in [-0.15, -0.1) is 0 Å². The molecule has 3 N–H and O–H groups in total. The highest BCUT2D eigenvalue weighted by Gasteiger charge is 2.13. The van der Waals surface area contributed by atoms with Crippen LogP contribution in [0.1, 0.15) is 19.8 Å². The van der Waals surface area contributed by atoms with Gasteiger partial charge in [0.2, 0.25) is 0 Å². The van der Waals surface area contributed by atoms with E-state index in [0.717, 1.165) is 6.42 Å². The second-order valence-corrected chi connectivity index (χ2v) is 2.36. The molecule has 11 heavy (non-hydrogen) atoms. The lowest BCUT2D eigenvalue weighted by Gasteiger charge is -2.11. The molecule has 0 radical (unpaired) electrons. The van der Waals surface area contributed by atoms with E-state index in [9.17, 15) is 4.79 Å². The summed E-state index contributed by atoms with van der Waals surface area (Å²) in [5, 5.41) is 19.7. The average molecular weight is 161 g/mol. The van der Waals surface area contributed by atoms with E-state index in [1.54, 1.807) is 0 Å². The Balaban J connectivity index is 3.60. The lowest BCUT2D eigenvalue weighted by molar-refractivity contribution is -0.139. The van der Waals surface area contributed by atoms with Crippen molar-refractivity contribution in [2.45, 2.75) is 25.8 Å². The zero-order valence-electron chi connectivity index (χ0n) is 6.71. The van der Waals surface area contributed by atoms with Gasteiger partial charge in [0.25, 0.3) is 0 Å². The number of carboxylic acid groups (broad SMARTS) is 1. The molecule has 0 aliphatic carbocycles. The summed E-state index contributed by atoms with van der Waals surface area (Å²) in [5.41, 5.74) is 0. The minimum Gasteiger partial charge on any atom is -0.480 e. The standard InChI is InChI=1S/C7H15NO3/c1-2-3-6(7(10)11)8-4-5-9/h6,8-9H,2-5H2,1H3,(H,10,11). The minimum atomic E-state index is -0.847. The summed E-state index contributed by atoms with van der Waals surface area (Å²) >= 11 is 0. The third kappa shape index (κ3) is 4.75. The Kier molecular flexibility index (Phi) is 5.78. The largest absolute Gasteiger partial charge is 0.480 e. The molecular formula is C7H15NO3. The Bertz CT molecular complexity index is 116. The van der Waals surface area contributed by atoms with E-state index < -0.39 is 12.0 Å². The third-order valence-electron chi connectivity index (χ3n) is 1.38. The van der Waals surface area contributed by atoms with E-state index in [0.29, 0.717) is 13.0 Å². The molecule has 0 aliphatic heterocycles. The van der Waals surface area contributed by atoms with Crippen LogP contribution in [0.2, 0.25) is 0 Å². The fraction of sp³-hybridized carbons (Fsp3) is 0.857. The Morgan fingerprint density at radius 2 is 2.27 bits per heavy atom. The van der Waals surface area contributed by atoms with E-state index in [-0.39, 0.29) is 6.61 Å². The van der Waals surface area contributed by atoms with Crippen LogP contribution in [0, 0.1) is 0 Å². The maximum atomic E-state index is 10.5. The Labute approximate surface area is 66.2 Å². The summed E-state index contributed by atoms with van der Waals surface area (Å²) in [6.07, 6.45) is 1.44. The molecule has 0 saturated carbocycles. The van der Waals surface area contributed by atoms with Crippen molar-refractivity contribution < 1.29 is 15.0 Å². The summed E-state index contributed by atoms with van der Waals surface area (Å²) in [5.74, 6) is -0.847. The molecule has 0 spiro atoms. The van der Waals surface area contributed by atoms with E-state index in [2.05, 4.69) is 5.32 Å². The van der Waals surface area contributed by atoms with Gasteiger partial charge < -0.3 is 15.5 Å². The zero-order chi connectivity index (χ0) is 8.69. The number of aliphatic hydroxyl groups excluding tert-OH is 1. The molecule has 4 heteroatoms. The van der Waals surface area contributed by atoms with E-state index >= 15 is 0 Å². The smallest absolute Gasteiger partial charge is 0.320 e. The summed E-state index contributed by atoms with van der Waals surface area (Å²) in [7, 11) is 0. The van der Waals surface area contributed by atoms with Crippen LogP contribution in [-0.2, 0) is 4.79 Å². The zero-order valence-corrected chi connectivity index (χ0v) is 6.71. The van der Waals surface area contributed by atoms with Crippen molar-refractivity contribution in [1.29, 1.82) is 0 Å². The molecule has 0 aromatic carbocycles. The van der Waals surface area contributed by atoms with Gasteiger partial charge in [0, 0.05) is 6.54 Å². The van der Waals surface area contributed by atoms with Gasteiger partial charge in [0.05, 0.1) is 6.61 Å². The molecule has 0 bridgehead atoms. The minimum absolute atomic E-state index is 0.0203. The number of nitrogens with one attached hydrogen (secondary N) is 1. The first-order valence-electron chi connectivity index (χ1n) is 3.79. The molecule has 66 valence electrons. The van der Waals surface area contributed by atoms with Crippen molar-refractivity contribution in [2.75, 3.05) is 13.2 Å². The van der Waals surface area contributed by atoms with E-state index in [1.165, 1.54) is 0 Å².